The van der Waals surface area contributed by atoms with E-state index < -0.39 is 5.41 Å². The lowest BCUT2D eigenvalue weighted by Crippen LogP contribution is -2.36. The topological polar surface area (TPSA) is 35.0 Å². The monoisotopic (exact) mass is 440 g/mol. The fraction of sp³-hybridized carbons (Fsp3) is 0.0968. The van der Waals surface area contributed by atoms with E-state index in [1.807, 2.05) is 36.5 Å². The molecule has 0 amide bonds. The predicted octanol–water partition coefficient (Wildman–Crippen LogP) is 7.25. The number of para-hydroxylation sites is 2. The maximum absolute atomic E-state index is 6.60. The van der Waals surface area contributed by atoms with Gasteiger partial charge in [0.2, 0.25) is 0 Å². The van der Waals surface area contributed by atoms with Gasteiger partial charge in [-0.3, -0.25) is 9.97 Å². The van der Waals surface area contributed by atoms with Crippen LogP contribution >= 0.6 is 0 Å². The molecular weight excluding hydrogens is 416 g/mol. The minimum Gasteiger partial charge on any atom is -0.456 e. The second-order valence-electron chi connectivity index (χ2n) is 8.74. The van der Waals surface area contributed by atoms with Gasteiger partial charge in [0.15, 0.2) is 0 Å². The van der Waals surface area contributed by atoms with Gasteiger partial charge in [0.1, 0.15) is 16.9 Å². The zero-order chi connectivity index (χ0) is 23.1. The minimum atomic E-state index is -0.715. The van der Waals surface area contributed by atoms with Crippen molar-refractivity contribution in [3.63, 3.8) is 0 Å². The Morgan fingerprint density at radius 1 is 0.588 bits per heavy atom. The normalized spacial score (nSPS) is 13.5. The van der Waals surface area contributed by atoms with E-state index in [0.29, 0.717) is 0 Å². The van der Waals surface area contributed by atoms with Crippen molar-refractivity contribution in [2.24, 2.45) is 0 Å². The van der Waals surface area contributed by atoms with Crippen LogP contribution in [-0.2, 0) is 5.41 Å². The van der Waals surface area contributed by atoms with Crippen molar-refractivity contribution in [1.82, 2.24) is 9.97 Å². The zero-order valence-electron chi connectivity index (χ0n) is 19.2. The summed E-state index contributed by atoms with van der Waals surface area (Å²) in [6, 6.07) is 35.4. The van der Waals surface area contributed by atoms with Crippen molar-refractivity contribution >= 4 is 0 Å². The van der Waals surface area contributed by atoms with Crippen LogP contribution in [0.2, 0.25) is 0 Å². The number of hydrogen-bond donors (Lipinski definition) is 0. The van der Waals surface area contributed by atoms with Crippen molar-refractivity contribution in [2.75, 3.05) is 0 Å². The first-order chi connectivity index (χ1) is 16.7. The lowest BCUT2D eigenvalue weighted by Gasteiger charge is -2.40. The highest BCUT2D eigenvalue weighted by Gasteiger charge is 2.48. The number of hydrogen-bond acceptors (Lipinski definition) is 3. The highest BCUT2D eigenvalue weighted by Crippen LogP contribution is 2.55. The lowest BCUT2D eigenvalue weighted by molar-refractivity contribution is 0.423. The van der Waals surface area contributed by atoms with E-state index in [1.54, 1.807) is 0 Å². The van der Waals surface area contributed by atoms with Gasteiger partial charge in [-0.25, -0.2) is 0 Å². The van der Waals surface area contributed by atoms with Gasteiger partial charge >= 0.3 is 0 Å². The maximum Gasteiger partial charge on any atom is 0.135 e. The molecule has 0 unspecified atom stereocenters. The van der Waals surface area contributed by atoms with Crippen LogP contribution in [0.1, 0.15) is 33.6 Å². The average molecular weight is 441 g/mol. The second-order valence-corrected chi connectivity index (χ2v) is 8.74. The number of nitrogens with zero attached hydrogens (tertiary/aromatic N) is 2. The molecule has 0 spiro atoms. The molecule has 0 fully saturated rings. The fourth-order valence-electron chi connectivity index (χ4n) is 5.09. The Morgan fingerprint density at radius 3 is 1.85 bits per heavy atom. The van der Waals surface area contributed by atoms with E-state index in [0.717, 1.165) is 56.4 Å². The van der Waals surface area contributed by atoms with Crippen LogP contribution in [0, 0.1) is 13.8 Å². The summed E-state index contributed by atoms with van der Waals surface area (Å²) < 4.78 is 6.60. The Labute approximate surface area is 199 Å². The molecule has 3 heteroatoms. The third-order valence-electron chi connectivity index (χ3n) is 6.69. The Bertz CT molecular complexity index is 1440. The summed E-state index contributed by atoms with van der Waals surface area (Å²) >= 11 is 0. The van der Waals surface area contributed by atoms with Crippen LogP contribution in [0.5, 0.6) is 11.5 Å². The van der Waals surface area contributed by atoms with Crippen molar-refractivity contribution in [3.05, 3.63) is 143 Å². The van der Waals surface area contributed by atoms with E-state index in [9.17, 15) is 0 Å². The van der Waals surface area contributed by atoms with Crippen molar-refractivity contribution in [2.45, 2.75) is 19.3 Å². The Balaban J connectivity index is 1.76. The van der Waals surface area contributed by atoms with Crippen LogP contribution in [0.4, 0.5) is 0 Å². The molecule has 164 valence electrons. The fourth-order valence-corrected chi connectivity index (χ4v) is 5.09. The molecule has 2 aromatic heterocycles. The predicted molar refractivity (Wildman–Crippen MR) is 135 cm³/mol. The van der Waals surface area contributed by atoms with Gasteiger partial charge in [0, 0.05) is 22.9 Å². The summed E-state index contributed by atoms with van der Waals surface area (Å²) in [6.07, 6.45) is 1.86. The molecule has 5 aromatic rings. The SMILES string of the molecule is Cc1cccc2c1Oc1c(C)cccc1C2(c1ccccn1)c1cccc(-c2ccccc2)n1. The van der Waals surface area contributed by atoms with Gasteiger partial charge in [0.05, 0.1) is 17.1 Å². The largest absolute Gasteiger partial charge is 0.456 e. The van der Waals surface area contributed by atoms with Crippen LogP contribution in [0.3, 0.4) is 0 Å². The van der Waals surface area contributed by atoms with Crippen LogP contribution < -0.4 is 4.74 Å². The highest BCUT2D eigenvalue weighted by atomic mass is 16.5. The summed E-state index contributed by atoms with van der Waals surface area (Å²) in [5.41, 5.74) is 7.45. The van der Waals surface area contributed by atoms with Gasteiger partial charge < -0.3 is 4.74 Å². The number of ether oxygens (including phenoxy) is 1. The Hall–Kier alpha value is -4.24. The number of pyridine rings is 2. The molecule has 1 aliphatic rings. The van der Waals surface area contributed by atoms with E-state index in [1.165, 1.54) is 0 Å². The smallest absolute Gasteiger partial charge is 0.135 e. The van der Waals surface area contributed by atoms with Gasteiger partial charge in [-0.15, -0.1) is 0 Å². The van der Waals surface area contributed by atoms with E-state index in [4.69, 9.17) is 14.7 Å². The minimum absolute atomic E-state index is 0.715. The molecule has 0 saturated carbocycles. The summed E-state index contributed by atoms with van der Waals surface area (Å²) in [4.78, 5) is 10.2. The van der Waals surface area contributed by atoms with Crippen molar-refractivity contribution in [3.8, 4) is 22.8 Å². The molecule has 1 aliphatic heterocycles. The first kappa shape index (κ1) is 20.4. The van der Waals surface area contributed by atoms with Crippen molar-refractivity contribution < 1.29 is 4.74 Å². The zero-order valence-corrected chi connectivity index (χ0v) is 19.2. The quantitative estimate of drug-likeness (QED) is 0.291. The van der Waals surface area contributed by atoms with E-state index >= 15 is 0 Å². The highest BCUT2D eigenvalue weighted by molar-refractivity contribution is 5.70. The molecule has 3 aromatic carbocycles. The molecular formula is C31H24N2O. The molecule has 0 radical (unpaired) electrons. The molecule has 0 bridgehead atoms. The number of benzene rings is 3. The first-order valence-electron chi connectivity index (χ1n) is 11.5. The summed E-state index contributed by atoms with van der Waals surface area (Å²) in [7, 11) is 0. The molecule has 0 saturated heterocycles. The molecule has 3 nitrogen and oxygen atoms in total. The molecule has 34 heavy (non-hydrogen) atoms. The second kappa shape index (κ2) is 7.96. The molecule has 0 N–H and O–H groups in total. The standard InChI is InChI=1S/C31H24N2O/c1-21-11-8-15-24-29(21)34-30-22(2)12-9-16-25(30)31(24,27-18-6-7-20-32-27)28-19-10-17-26(33-28)23-13-4-3-5-14-23/h3-20H,1-2H3. The van der Waals surface area contributed by atoms with E-state index in [2.05, 4.69) is 86.6 Å². The number of aromatic nitrogens is 2. The summed E-state index contributed by atoms with van der Waals surface area (Å²) in [5, 5.41) is 0. The van der Waals surface area contributed by atoms with Crippen LogP contribution in [-0.4, -0.2) is 9.97 Å². The van der Waals surface area contributed by atoms with Gasteiger partial charge in [-0.2, -0.15) is 0 Å². The number of aryl methyl sites for hydroxylation is 2. The summed E-state index contributed by atoms with van der Waals surface area (Å²) in [6.45, 7) is 4.19. The van der Waals surface area contributed by atoms with Gasteiger partial charge in [-0.1, -0.05) is 78.9 Å². The molecule has 0 atom stereocenters. The number of rotatable bonds is 3. The first-order valence-corrected chi connectivity index (χ1v) is 11.5. The maximum atomic E-state index is 6.60. The van der Waals surface area contributed by atoms with Crippen LogP contribution in [0.25, 0.3) is 11.3 Å². The summed E-state index contributed by atoms with van der Waals surface area (Å²) in [5.74, 6) is 1.75. The van der Waals surface area contributed by atoms with Crippen LogP contribution in [0.15, 0.2) is 109 Å². The Kier molecular flexibility index (Phi) is 4.77. The Morgan fingerprint density at radius 2 is 1.21 bits per heavy atom. The molecule has 3 heterocycles. The molecule has 0 aliphatic carbocycles. The third-order valence-corrected chi connectivity index (χ3v) is 6.69. The van der Waals surface area contributed by atoms with Gasteiger partial charge in [0.25, 0.3) is 0 Å². The lowest BCUT2D eigenvalue weighted by atomic mass is 9.66. The van der Waals surface area contributed by atoms with Gasteiger partial charge in [-0.05, 0) is 49.2 Å². The number of fused-ring (bicyclic) bond motifs is 2. The van der Waals surface area contributed by atoms with Crippen molar-refractivity contribution in [1.29, 1.82) is 0 Å². The van der Waals surface area contributed by atoms with E-state index in [-0.39, 0.29) is 0 Å². The average Bonchev–Trinajstić information content (AvgIpc) is 2.89. The molecule has 6 rings (SSSR count). The third kappa shape index (κ3) is 2.97.